The number of likely N-dealkylation sites (tertiary alicyclic amines) is 1. The molecule has 2 heterocycles. The molecule has 2 rings (SSSR count). The molecule has 0 aromatic heterocycles. The summed E-state index contributed by atoms with van der Waals surface area (Å²) < 4.78 is 0. The summed E-state index contributed by atoms with van der Waals surface area (Å²) in [5.74, 6) is 0. The van der Waals surface area contributed by atoms with E-state index in [1.54, 1.807) is 0 Å². The van der Waals surface area contributed by atoms with Crippen LogP contribution in [0.5, 0.6) is 0 Å². The van der Waals surface area contributed by atoms with Gasteiger partial charge >= 0.3 is 0 Å². The van der Waals surface area contributed by atoms with Crippen LogP contribution in [0.25, 0.3) is 0 Å². The third kappa shape index (κ3) is 1.11. The number of hydrogen-bond donors (Lipinski definition) is 0. The van der Waals surface area contributed by atoms with Gasteiger partial charge in [0.25, 0.3) is 0 Å². The summed E-state index contributed by atoms with van der Waals surface area (Å²) in [5.41, 5.74) is 0.234. The summed E-state index contributed by atoms with van der Waals surface area (Å²) in [5, 5.41) is 0. The van der Waals surface area contributed by atoms with Crippen LogP contribution in [0.4, 0.5) is 0 Å². The molecule has 3 heteroatoms. The molecule has 66 valence electrons. The monoisotopic (exact) mass is 164 g/mol. The topological polar surface area (TPSA) is 6.48 Å². The highest BCUT2D eigenvalue weighted by molar-refractivity contribution is 6.05. The molecule has 1 unspecified atom stereocenters. The molecule has 2 saturated heterocycles. The van der Waals surface area contributed by atoms with E-state index in [0.717, 1.165) is 6.54 Å². The molecule has 0 bridgehead atoms. The third-order valence-electron chi connectivity index (χ3n) is 3.54. The largest absolute Gasteiger partial charge is 0.337 e. The van der Waals surface area contributed by atoms with E-state index in [9.17, 15) is 0 Å². The molecular weight excluding hydrogens is 147 g/mol. The second-order valence-electron chi connectivity index (χ2n) is 4.16. The fourth-order valence-corrected chi connectivity index (χ4v) is 2.72. The van der Waals surface area contributed by atoms with Gasteiger partial charge in [0.15, 0.2) is 7.98 Å². The Morgan fingerprint density at radius 2 is 1.83 bits per heavy atom. The molecule has 0 N–H and O–H groups in total. The Bertz CT molecular complexity index is 174. The van der Waals surface area contributed by atoms with Crippen molar-refractivity contribution in [2.45, 2.75) is 37.8 Å². The van der Waals surface area contributed by atoms with Gasteiger partial charge in [-0.1, -0.05) is 0 Å². The van der Waals surface area contributed by atoms with Crippen LogP contribution in [0.1, 0.15) is 32.1 Å². The van der Waals surface area contributed by atoms with Gasteiger partial charge in [-0.25, -0.2) is 0 Å². The fourth-order valence-electron chi connectivity index (χ4n) is 2.72. The van der Waals surface area contributed by atoms with Crippen molar-refractivity contribution in [3.63, 3.8) is 0 Å². The van der Waals surface area contributed by atoms with E-state index in [1.807, 2.05) is 0 Å². The van der Waals surface area contributed by atoms with Crippen LogP contribution in [-0.4, -0.2) is 43.5 Å². The number of hydrogen-bond acceptors (Lipinski definition) is 2. The first kappa shape index (κ1) is 8.58. The second-order valence-corrected chi connectivity index (χ2v) is 4.16. The fraction of sp³-hybridized carbons (Fsp3) is 1.00. The maximum Gasteiger partial charge on any atom is 0.184 e. The summed E-state index contributed by atoms with van der Waals surface area (Å²) in [4.78, 5) is 4.51. The van der Waals surface area contributed by atoms with Gasteiger partial charge in [0.05, 0.1) is 5.66 Å². The molecule has 2 radical (unpaired) electrons. The zero-order chi connectivity index (χ0) is 8.60. The molecule has 1 spiro atoms. The van der Waals surface area contributed by atoms with E-state index < -0.39 is 0 Å². The summed E-state index contributed by atoms with van der Waals surface area (Å²) in [6.07, 6.45) is 6.45. The number of nitrogens with zero attached hydrogens (tertiary/aromatic N) is 2. The van der Waals surface area contributed by atoms with Crippen molar-refractivity contribution < 1.29 is 0 Å². The van der Waals surface area contributed by atoms with Crippen LogP contribution in [-0.2, 0) is 0 Å². The van der Waals surface area contributed by atoms with E-state index >= 15 is 0 Å². The molecule has 0 aromatic rings. The Morgan fingerprint density at radius 3 is 2.42 bits per heavy atom. The lowest BCUT2D eigenvalue weighted by Gasteiger charge is -2.48. The normalized spacial score (nSPS) is 39.4. The molecule has 0 aromatic carbocycles. The zero-order valence-electron chi connectivity index (χ0n) is 7.92. The minimum atomic E-state index is 0.234. The van der Waals surface area contributed by atoms with E-state index in [4.69, 9.17) is 7.98 Å². The molecule has 1 atom stereocenters. The van der Waals surface area contributed by atoms with Gasteiger partial charge in [0.1, 0.15) is 0 Å². The molecule has 0 amide bonds. The molecule has 12 heavy (non-hydrogen) atoms. The molecule has 2 fully saturated rings. The van der Waals surface area contributed by atoms with E-state index in [2.05, 4.69) is 16.8 Å². The van der Waals surface area contributed by atoms with Crippen molar-refractivity contribution in [1.82, 2.24) is 9.71 Å². The lowest BCUT2D eigenvalue weighted by Crippen LogP contribution is -2.57. The minimum Gasteiger partial charge on any atom is -0.337 e. The average Bonchev–Trinajstić information content (AvgIpc) is 2.41. The molecule has 0 aliphatic carbocycles. The maximum atomic E-state index is 6.06. The molecule has 2 aliphatic rings. The van der Waals surface area contributed by atoms with Crippen molar-refractivity contribution in [3.8, 4) is 0 Å². The van der Waals surface area contributed by atoms with Crippen molar-refractivity contribution in [2.24, 2.45) is 0 Å². The van der Waals surface area contributed by atoms with Crippen molar-refractivity contribution in [3.05, 3.63) is 0 Å². The van der Waals surface area contributed by atoms with Crippen LogP contribution in [0.15, 0.2) is 0 Å². The Labute approximate surface area is 76.3 Å². The smallest absolute Gasteiger partial charge is 0.184 e. The third-order valence-corrected chi connectivity index (χ3v) is 3.54. The Balaban J connectivity index is 2.15. The number of piperidine rings is 1. The van der Waals surface area contributed by atoms with Gasteiger partial charge in [-0.05, 0) is 52.2 Å². The SMILES string of the molecule is [B]N1CCCCC12CCCN2C. The molecule has 2 aliphatic heterocycles. The van der Waals surface area contributed by atoms with Crippen LogP contribution < -0.4 is 0 Å². The van der Waals surface area contributed by atoms with E-state index in [0.29, 0.717) is 0 Å². The predicted molar refractivity (Wildman–Crippen MR) is 50.9 cm³/mol. The summed E-state index contributed by atoms with van der Waals surface area (Å²) in [6, 6.07) is 0. The van der Waals surface area contributed by atoms with Gasteiger partial charge in [-0.15, -0.1) is 0 Å². The van der Waals surface area contributed by atoms with Gasteiger partial charge in [0.2, 0.25) is 0 Å². The van der Waals surface area contributed by atoms with E-state index in [-0.39, 0.29) is 5.66 Å². The van der Waals surface area contributed by atoms with Crippen LogP contribution in [0, 0.1) is 0 Å². The second kappa shape index (κ2) is 3.04. The minimum absolute atomic E-state index is 0.234. The average molecular weight is 164 g/mol. The van der Waals surface area contributed by atoms with E-state index in [1.165, 1.54) is 38.6 Å². The van der Waals surface area contributed by atoms with Gasteiger partial charge < -0.3 is 4.81 Å². The maximum absolute atomic E-state index is 6.06. The summed E-state index contributed by atoms with van der Waals surface area (Å²) in [7, 11) is 8.26. The quantitative estimate of drug-likeness (QED) is 0.492. The zero-order valence-corrected chi connectivity index (χ0v) is 7.92. The van der Waals surface area contributed by atoms with Crippen molar-refractivity contribution in [1.29, 1.82) is 0 Å². The van der Waals surface area contributed by atoms with Crippen molar-refractivity contribution >= 4 is 7.98 Å². The Morgan fingerprint density at radius 1 is 1.08 bits per heavy atom. The van der Waals surface area contributed by atoms with Crippen molar-refractivity contribution in [2.75, 3.05) is 20.1 Å². The lowest BCUT2D eigenvalue weighted by molar-refractivity contribution is 0.0139. The van der Waals surface area contributed by atoms with Gasteiger partial charge in [0, 0.05) is 0 Å². The highest BCUT2D eigenvalue weighted by Gasteiger charge is 2.42. The first-order valence-corrected chi connectivity index (χ1v) is 4.99. The van der Waals surface area contributed by atoms with Gasteiger partial charge in [-0.2, -0.15) is 0 Å². The Kier molecular flexibility index (Phi) is 2.17. The van der Waals surface area contributed by atoms with Crippen LogP contribution in [0.3, 0.4) is 0 Å². The highest BCUT2D eigenvalue weighted by Crippen LogP contribution is 2.37. The molecule has 0 saturated carbocycles. The lowest BCUT2D eigenvalue weighted by atomic mass is 9.89. The summed E-state index contributed by atoms with van der Waals surface area (Å²) >= 11 is 0. The molecular formula is C9H17BN2. The summed E-state index contributed by atoms with van der Waals surface area (Å²) in [6.45, 7) is 2.29. The Hall–Kier alpha value is -0.0151. The highest BCUT2D eigenvalue weighted by atomic mass is 15.4. The number of rotatable bonds is 0. The first-order valence-electron chi connectivity index (χ1n) is 4.99. The first-order chi connectivity index (χ1) is 5.76. The van der Waals surface area contributed by atoms with Gasteiger partial charge in [-0.3, -0.25) is 4.90 Å². The van der Waals surface area contributed by atoms with Crippen LogP contribution in [0.2, 0.25) is 0 Å². The molecule has 2 nitrogen and oxygen atoms in total. The standard InChI is InChI=1S/C9H17BN2/c1-11-7-4-6-9(11)5-2-3-8-12(9)10/h2-8H2,1H3. The van der Waals surface area contributed by atoms with Crippen LogP contribution >= 0.6 is 0 Å². The predicted octanol–water partition coefficient (Wildman–Crippen LogP) is 0.978.